The van der Waals surface area contributed by atoms with Gasteiger partial charge in [0.05, 0.1) is 5.39 Å². The summed E-state index contributed by atoms with van der Waals surface area (Å²) in [5.41, 5.74) is 1.74. The molecule has 2 aliphatic heterocycles. The Morgan fingerprint density at radius 3 is 2.47 bits per heavy atom. The fourth-order valence-corrected chi connectivity index (χ4v) is 4.78. The van der Waals surface area contributed by atoms with Crippen molar-refractivity contribution in [2.75, 3.05) is 0 Å². The highest BCUT2D eigenvalue weighted by molar-refractivity contribution is 6.01. The zero-order valence-electron chi connectivity index (χ0n) is 20.6. The molecule has 0 aliphatic carbocycles. The fourth-order valence-electron chi connectivity index (χ4n) is 4.78. The summed E-state index contributed by atoms with van der Waals surface area (Å²) < 4.78 is 18.5. The van der Waals surface area contributed by atoms with Crippen molar-refractivity contribution in [3.63, 3.8) is 0 Å². The van der Waals surface area contributed by atoms with Crippen molar-refractivity contribution in [2.24, 2.45) is 0 Å². The summed E-state index contributed by atoms with van der Waals surface area (Å²) in [6.45, 7) is 13.7. The van der Waals surface area contributed by atoms with Crippen LogP contribution >= 0.6 is 0 Å². The second kappa shape index (κ2) is 7.05. The van der Waals surface area contributed by atoms with Gasteiger partial charge >= 0.3 is 0 Å². The van der Waals surface area contributed by atoms with Gasteiger partial charge in [0.15, 0.2) is 11.3 Å². The molecule has 1 atom stereocenters. The number of fused-ring (bicyclic) bond motifs is 5. The second-order valence-electron chi connectivity index (χ2n) is 10.7. The second-order valence-corrected chi connectivity index (χ2v) is 10.7. The van der Waals surface area contributed by atoms with Gasteiger partial charge in [-0.3, -0.25) is 4.79 Å². The molecule has 5 rings (SSSR count). The smallest absolute Gasteiger partial charge is 0.204 e. The maximum atomic E-state index is 13.8. The molecule has 0 saturated carbocycles. The van der Waals surface area contributed by atoms with Crippen molar-refractivity contribution in [2.45, 2.75) is 72.0 Å². The first-order chi connectivity index (χ1) is 15.8. The quantitative estimate of drug-likeness (QED) is 0.353. The summed E-state index contributed by atoms with van der Waals surface area (Å²) in [4.78, 5) is 13.8. The standard InChI is InChI=1S/C28H30O6/c1-13(2)8-9-16-20(29)18-21(30)17-12-15-10-11-27(4,5)34-23(15)22(31)25(17)33-26(18)19-24(16)32-14(3)28(19,6)7/h8,10-12,14,29,31H,9H2,1-7H3/t14-/m0/s1. The van der Waals surface area contributed by atoms with Crippen molar-refractivity contribution < 1.29 is 24.1 Å². The number of hydrogen-bond donors (Lipinski definition) is 2. The molecule has 1 aromatic heterocycles. The average molecular weight is 463 g/mol. The maximum absolute atomic E-state index is 13.8. The van der Waals surface area contributed by atoms with Gasteiger partial charge in [-0.15, -0.1) is 0 Å². The van der Waals surface area contributed by atoms with Crippen LogP contribution < -0.4 is 14.9 Å². The van der Waals surface area contributed by atoms with Crippen LogP contribution in [0.1, 0.15) is 65.2 Å². The van der Waals surface area contributed by atoms with E-state index in [1.54, 1.807) is 6.07 Å². The number of phenols is 2. The van der Waals surface area contributed by atoms with Crippen molar-refractivity contribution >= 4 is 28.0 Å². The third-order valence-electron chi connectivity index (χ3n) is 7.09. The van der Waals surface area contributed by atoms with E-state index in [2.05, 4.69) is 0 Å². The van der Waals surface area contributed by atoms with Crippen LogP contribution in [0.25, 0.3) is 28.0 Å². The normalized spacial score (nSPS) is 19.4. The molecular weight excluding hydrogens is 432 g/mol. The summed E-state index contributed by atoms with van der Waals surface area (Å²) >= 11 is 0. The molecule has 2 aromatic carbocycles. The largest absolute Gasteiger partial charge is 0.507 e. The zero-order valence-corrected chi connectivity index (χ0v) is 20.6. The molecule has 178 valence electrons. The van der Waals surface area contributed by atoms with E-state index < -0.39 is 16.4 Å². The monoisotopic (exact) mass is 462 g/mol. The molecule has 0 amide bonds. The Bertz CT molecular complexity index is 1500. The van der Waals surface area contributed by atoms with E-state index in [9.17, 15) is 15.0 Å². The molecule has 0 saturated heterocycles. The van der Waals surface area contributed by atoms with Crippen LogP contribution in [0, 0.1) is 0 Å². The Kier molecular flexibility index (Phi) is 4.64. The van der Waals surface area contributed by atoms with Crippen molar-refractivity contribution in [1.82, 2.24) is 0 Å². The number of ether oxygens (including phenoxy) is 2. The Hall–Kier alpha value is -3.41. The molecule has 2 N–H and O–H groups in total. The van der Waals surface area contributed by atoms with E-state index in [0.29, 0.717) is 23.3 Å². The third-order valence-corrected chi connectivity index (χ3v) is 7.09. The number of phenolic OH excluding ortho intramolecular Hbond substituents is 2. The van der Waals surface area contributed by atoms with Gasteiger partial charge in [0.25, 0.3) is 0 Å². The Labute approximate surface area is 198 Å². The lowest BCUT2D eigenvalue weighted by Crippen LogP contribution is -2.29. The van der Waals surface area contributed by atoms with Crippen LogP contribution in [-0.2, 0) is 11.8 Å². The minimum atomic E-state index is -0.611. The first-order valence-corrected chi connectivity index (χ1v) is 11.6. The number of benzene rings is 2. The predicted molar refractivity (Wildman–Crippen MR) is 133 cm³/mol. The topological polar surface area (TPSA) is 89.1 Å². The minimum absolute atomic E-state index is 0.0383. The SMILES string of the molecule is CC(C)=CCc1c2c(c3oc4c(O)c5c(cc4c(=O)c3c1O)C=CC(C)(C)O5)C(C)(C)[C@H](C)O2. The third kappa shape index (κ3) is 3.04. The number of rotatable bonds is 2. The van der Waals surface area contributed by atoms with Gasteiger partial charge in [0.1, 0.15) is 34.2 Å². The van der Waals surface area contributed by atoms with Gasteiger partial charge in [0, 0.05) is 22.1 Å². The summed E-state index contributed by atoms with van der Waals surface area (Å²) in [5, 5.41) is 22.7. The first kappa shape index (κ1) is 22.4. The molecule has 34 heavy (non-hydrogen) atoms. The van der Waals surface area contributed by atoms with Crippen LogP contribution in [0.4, 0.5) is 0 Å². The molecule has 0 fully saturated rings. The van der Waals surface area contributed by atoms with Crippen molar-refractivity contribution in [3.8, 4) is 23.0 Å². The van der Waals surface area contributed by atoms with Gasteiger partial charge < -0.3 is 24.1 Å². The Balaban J connectivity index is 1.94. The summed E-state index contributed by atoms with van der Waals surface area (Å²) in [7, 11) is 0. The van der Waals surface area contributed by atoms with Crippen LogP contribution in [0.2, 0.25) is 0 Å². The zero-order chi connectivity index (χ0) is 24.7. The fraction of sp³-hybridized carbons (Fsp3) is 0.393. The highest BCUT2D eigenvalue weighted by Crippen LogP contribution is 2.53. The van der Waals surface area contributed by atoms with E-state index in [-0.39, 0.29) is 45.3 Å². The van der Waals surface area contributed by atoms with E-state index >= 15 is 0 Å². The number of aromatic hydroxyl groups is 2. The highest BCUT2D eigenvalue weighted by atomic mass is 16.5. The molecule has 0 unspecified atom stereocenters. The summed E-state index contributed by atoms with van der Waals surface area (Å²) in [6.07, 6.45) is 5.91. The Morgan fingerprint density at radius 1 is 1.09 bits per heavy atom. The molecule has 6 nitrogen and oxygen atoms in total. The van der Waals surface area contributed by atoms with Crippen molar-refractivity contribution in [1.29, 1.82) is 0 Å². The molecular formula is C28H30O6. The van der Waals surface area contributed by atoms with Gasteiger partial charge in [-0.2, -0.15) is 0 Å². The summed E-state index contributed by atoms with van der Waals surface area (Å²) in [5.74, 6) is 0.445. The predicted octanol–water partition coefficient (Wildman–Crippen LogP) is 6.11. The van der Waals surface area contributed by atoms with E-state index in [1.807, 2.05) is 66.7 Å². The first-order valence-electron chi connectivity index (χ1n) is 11.6. The molecule has 3 heterocycles. The molecule has 3 aromatic rings. The van der Waals surface area contributed by atoms with E-state index in [0.717, 1.165) is 11.1 Å². The van der Waals surface area contributed by atoms with Crippen LogP contribution in [-0.4, -0.2) is 21.9 Å². The maximum Gasteiger partial charge on any atom is 0.204 e. The van der Waals surface area contributed by atoms with E-state index in [4.69, 9.17) is 13.9 Å². The van der Waals surface area contributed by atoms with Crippen LogP contribution in [0.3, 0.4) is 0 Å². The van der Waals surface area contributed by atoms with Crippen molar-refractivity contribution in [3.05, 3.63) is 50.7 Å². The molecule has 0 spiro atoms. The van der Waals surface area contributed by atoms with Crippen LogP contribution in [0.15, 0.2) is 33.0 Å². The highest BCUT2D eigenvalue weighted by Gasteiger charge is 2.44. The average Bonchev–Trinajstić information content (AvgIpc) is 2.97. The van der Waals surface area contributed by atoms with Crippen LogP contribution in [0.5, 0.6) is 23.0 Å². The number of hydrogen-bond acceptors (Lipinski definition) is 6. The lowest BCUT2D eigenvalue weighted by atomic mass is 9.79. The molecule has 0 bridgehead atoms. The molecule has 0 radical (unpaired) electrons. The number of allylic oxidation sites excluding steroid dienone is 2. The lowest BCUT2D eigenvalue weighted by Gasteiger charge is -2.28. The van der Waals surface area contributed by atoms with Gasteiger partial charge in [-0.25, -0.2) is 0 Å². The Morgan fingerprint density at radius 2 is 1.79 bits per heavy atom. The van der Waals surface area contributed by atoms with Gasteiger partial charge in [-0.1, -0.05) is 31.6 Å². The van der Waals surface area contributed by atoms with Gasteiger partial charge in [0.2, 0.25) is 11.2 Å². The lowest BCUT2D eigenvalue weighted by molar-refractivity contribution is 0.153. The molecule has 2 aliphatic rings. The molecule has 6 heteroatoms. The summed E-state index contributed by atoms with van der Waals surface area (Å²) in [6, 6.07) is 1.65. The van der Waals surface area contributed by atoms with Gasteiger partial charge in [-0.05, 0) is 53.2 Å². The van der Waals surface area contributed by atoms with E-state index in [1.165, 1.54) is 0 Å². The minimum Gasteiger partial charge on any atom is -0.507 e.